The quantitative estimate of drug-likeness (QED) is 0.754. The third-order valence-corrected chi connectivity index (χ3v) is 5.83. The number of fused-ring (bicyclic) bond motifs is 1. The van der Waals surface area contributed by atoms with Crippen molar-refractivity contribution in [2.75, 3.05) is 11.5 Å². The molecule has 3 rings (SSSR count). The number of hydrogen-bond acceptors (Lipinski definition) is 4. The van der Waals surface area contributed by atoms with Crippen molar-refractivity contribution in [1.29, 1.82) is 0 Å². The van der Waals surface area contributed by atoms with Gasteiger partial charge in [0, 0.05) is 10.7 Å². The number of imidazole rings is 1. The third-order valence-electron chi connectivity index (χ3n) is 3.45. The summed E-state index contributed by atoms with van der Waals surface area (Å²) < 4.78 is 26.2. The van der Waals surface area contributed by atoms with E-state index in [0.29, 0.717) is 17.9 Å². The van der Waals surface area contributed by atoms with Gasteiger partial charge in [-0.25, -0.2) is 18.4 Å². The molecule has 0 N–H and O–H groups in total. The highest BCUT2D eigenvalue weighted by molar-refractivity contribution is 9.10. The minimum atomic E-state index is -2.97. The lowest BCUT2D eigenvalue weighted by Crippen LogP contribution is -2.14. The van der Waals surface area contributed by atoms with Crippen molar-refractivity contribution in [3.8, 4) is 0 Å². The molecule has 0 bridgehead atoms. The van der Waals surface area contributed by atoms with Gasteiger partial charge in [0.05, 0.1) is 22.9 Å². The van der Waals surface area contributed by atoms with Crippen LogP contribution < -0.4 is 0 Å². The smallest absolute Gasteiger partial charge is 0.160 e. The molecule has 1 saturated heterocycles. The molecule has 108 valence electrons. The van der Waals surface area contributed by atoms with E-state index in [9.17, 15) is 8.42 Å². The van der Waals surface area contributed by atoms with Gasteiger partial charge < -0.3 is 4.57 Å². The summed E-state index contributed by atoms with van der Waals surface area (Å²) in [5.41, 5.74) is 1.42. The zero-order valence-electron chi connectivity index (χ0n) is 10.8. The molecule has 0 aromatic carbocycles. The van der Waals surface area contributed by atoms with Gasteiger partial charge in [-0.15, -0.1) is 11.6 Å². The van der Waals surface area contributed by atoms with Gasteiger partial charge in [-0.3, -0.25) is 0 Å². The third kappa shape index (κ3) is 2.46. The van der Waals surface area contributed by atoms with E-state index in [0.717, 1.165) is 9.99 Å². The molecule has 2 unspecified atom stereocenters. The van der Waals surface area contributed by atoms with E-state index in [1.807, 2.05) is 17.6 Å². The maximum Gasteiger partial charge on any atom is 0.160 e. The first-order chi connectivity index (χ1) is 9.37. The number of halogens is 2. The summed E-state index contributed by atoms with van der Waals surface area (Å²) in [6, 6.07) is 1.74. The molecular formula is C12H13BrClN3O2S. The summed E-state index contributed by atoms with van der Waals surface area (Å²) in [6.07, 6.45) is 2.27. The Balaban J connectivity index is 2.19. The van der Waals surface area contributed by atoms with Crippen LogP contribution in [0.5, 0.6) is 0 Å². The molecule has 5 nitrogen and oxygen atoms in total. The predicted molar refractivity (Wildman–Crippen MR) is 81.8 cm³/mol. The number of alkyl halides is 1. The van der Waals surface area contributed by atoms with Crippen LogP contribution in [0.2, 0.25) is 0 Å². The zero-order valence-corrected chi connectivity index (χ0v) is 13.9. The summed E-state index contributed by atoms with van der Waals surface area (Å²) in [5.74, 6) is 1.02. The molecule has 0 aliphatic carbocycles. The Bertz CT molecular complexity index is 772. The van der Waals surface area contributed by atoms with Crippen LogP contribution in [0.4, 0.5) is 0 Å². The lowest BCUT2D eigenvalue weighted by atomic mass is 10.2. The van der Waals surface area contributed by atoms with Crippen LogP contribution in [0.25, 0.3) is 11.2 Å². The van der Waals surface area contributed by atoms with Gasteiger partial charge in [-0.1, -0.05) is 0 Å². The van der Waals surface area contributed by atoms with Crippen LogP contribution in [-0.2, 0) is 9.84 Å². The molecule has 20 heavy (non-hydrogen) atoms. The normalized spacial score (nSPS) is 23.2. The van der Waals surface area contributed by atoms with Gasteiger partial charge in [0.2, 0.25) is 0 Å². The van der Waals surface area contributed by atoms with E-state index in [4.69, 9.17) is 11.6 Å². The molecule has 2 atom stereocenters. The Morgan fingerprint density at radius 2 is 2.30 bits per heavy atom. The fourth-order valence-corrected chi connectivity index (χ4v) is 4.77. The highest BCUT2D eigenvalue weighted by atomic mass is 79.9. The Kier molecular flexibility index (Phi) is 3.54. The maximum absolute atomic E-state index is 11.7. The summed E-state index contributed by atoms with van der Waals surface area (Å²) in [7, 11) is -2.97. The summed E-state index contributed by atoms with van der Waals surface area (Å²) in [6.45, 7) is 1.83. The van der Waals surface area contributed by atoms with Crippen molar-refractivity contribution in [2.45, 2.75) is 24.8 Å². The first-order valence-corrected chi connectivity index (χ1v) is 9.30. The molecule has 2 aromatic rings. The monoisotopic (exact) mass is 377 g/mol. The van der Waals surface area contributed by atoms with Gasteiger partial charge in [-0.2, -0.15) is 0 Å². The van der Waals surface area contributed by atoms with Gasteiger partial charge in [-0.05, 0) is 35.3 Å². The predicted octanol–water partition coefficient (Wildman–Crippen LogP) is 2.85. The van der Waals surface area contributed by atoms with Gasteiger partial charge in [0.15, 0.2) is 15.5 Å². The Hall–Kier alpha value is -0.660. The lowest BCUT2D eigenvalue weighted by molar-refractivity contribution is 0.542. The highest BCUT2D eigenvalue weighted by Crippen LogP contribution is 2.33. The van der Waals surface area contributed by atoms with Crippen molar-refractivity contribution in [1.82, 2.24) is 14.5 Å². The molecule has 3 heterocycles. The van der Waals surface area contributed by atoms with Gasteiger partial charge >= 0.3 is 0 Å². The minimum Gasteiger partial charge on any atom is -0.307 e. The maximum atomic E-state index is 11.7. The molecule has 2 aromatic heterocycles. The Morgan fingerprint density at radius 1 is 1.55 bits per heavy atom. The standard InChI is InChI=1S/C12H13BrClN3O2S/c1-7(14)11-16-10-4-8(13)5-15-12(10)17(11)9-2-3-20(18,19)6-9/h4-5,7,9H,2-3,6H2,1H3. The van der Waals surface area contributed by atoms with Crippen molar-refractivity contribution in [2.24, 2.45) is 0 Å². The largest absolute Gasteiger partial charge is 0.307 e. The molecule has 1 aliphatic heterocycles. The average molecular weight is 379 g/mol. The second-order valence-electron chi connectivity index (χ2n) is 5.01. The van der Waals surface area contributed by atoms with E-state index in [2.05, 4.69) is 25.9 Å². The summed E-state index contributed by atoms with van der Waals surface area (Å²) >= 11 is 9.56. The van der Waals surface area contributed by atoms with E-state index in [1.54, 1.807) is 6.20 Å². The summed E-state index contributed by atoms with van der Waals surface area (Å²) in [4.78, 5) is 8.89. The first-order valence-electron chi connectivity index (χ1n) is 6.25. The van der Waals surface area contributed by atoms with E-state index >= 15 is 0 Å². The van der Waals surface area contributed by atoms with Crippen LogP contribution in [-0.4, -0.2) is 34.5 Å². The van der Waals surface area contributed by atoms with Crippen molar-refractivity contribution in [3.05, 3.63) is 22.6 Å². The van der Waals surface area contributed by atoms with Crippen LogP contribution in [0.3, 0.4) is 0 Å². The second-order valence-corrected chi connectivity index (χ2v) is 8.81. The topological polar surface area (TPSA) is 64.8 Å². The first kappa shape index (κ1) is 14.3. The average Bonchev–Trinajstić information content (AvgIpc) is 2.88. The number of aromatic nitrogens is 3. The zero-order chi connectivity index (χ0) is 14.5. The SMILES string of the molecule is CC(Cl)c1nc2cc(Br)cnc2n1C1CCS(=O)(=O)C1. The fraction of sp³-hybridized carbons (Fsp3) is 0.500. The van der Waals surface area contributed by atoms with Gasteiger partial charge in [0.1, 0.15) is 11.3 Å². The second kappa shape index (κ2) is 4.96. The van der Waals surface area contributed by atoms with Crippen molar-refractivity contribution in [3.63, 3.8) is 0 Å². The molecule has 0 spiro atoms. The Morgan fingerprint density at radius 3 is 2.90 bits per heavy atom. The number of rotatable bonds is 2. The van der Waals surface area contributed by atoms with E-state index in [1.165, 1.54) is 0 Å². The number of nitrogens with zero attached hydrogens (tertiary/aromatic N) is 3. The van der Waals surface area contributed by atoms with Crippen LogP contribution >= 0.6 is 27.5 Å². The number of hydrogen-bond donors (Lipinski definition) is 0. The van der Waals surface area contributed by atoms with Crippen LogP contribution in [0.1, 0.15) is 30.6 Å². The molecule has 1 fully saturated rings. The molecule has 0 amide bonds. The van der Waals surface area contributed by atoms with Crippen LogP contribution in [0, 0.1) is 0 Å². The highest BCUT2D eigenvalue weighted by Gasteiger charge is 2.32. The van der Waals surface area contributed by atoms with E-state index < -0.39 is 9.84 Å². The molecular weight excluding hydrogens is 366 g/mol. The van der Waals surface area contributed by atoms with Crippen molar-refractivity contribution >= 4 is 48.5 Å². The minimum absolute atomic E-state index is 0.130. The molecule has 0 radical (unpaired) electrons. The van der Waals surface area contributed by atoms with Crippen LogP contribution in [0.15, 0.2) is 16.7 Å². The molecule has 8 heteroatoms. The lowest BCUT2D eigenvalue weighted by Gasteiger charge is -2.15. The number of pyridine rings is 1. The van der Waals surface area contributed by atoms with Gasteiger partial charge in [0.25, 0.3) is 0 Å². The summed E-state index contributed by atoms with van der Waals surface area (Å²) in [5, 5.41) is -0.300. The number of sulfone groups is 1. The fourth-order valence-electron chi connectivity index (χ4n) is 2.59. The molecule has 0 saturated carbocycles. The van der Waals surface area contributed by atoms with Crippen molar-refractivity contribution < 1.29 is 8.42 Å². The Labute approximate surface area is 130 Å². The van der Waals surface area contributed by atoms with E-state index in [-0.39, 0.29) is 22.9 Å². The molecule has 1 aliphatic rings.